The third-order valence-corrected chi connectivity index (χ3v) is 5.21. The van der Waals surface area contributed by atoms with Gasteiger partial charge in [0.1, 0.15) is 22.2 Å². The Bertz CT molecular complexity index is 881. The second-order valence-electron chi connectivity index (χ2n) is 5.60. The summed E-state index contributed by atoms with van der Waals surface area (Å²) >= 11 is 0.686. The summed E-state index contributed by atoms with van der Waals surface area (Å²) in [6, 6.07) is 16.6. The molecule has 3 aromatic carbocycles. The zero-order valence-electron chi connectivity index (χ0n) is 13.5. The number of hydrogen-bond donors (Lipinski definition) is 1. The summed E-state index contributed by atoms with van der Waals surface area (Å²) in [6.07, 6.45) is 0. The van der Waals surface area contributed by atoms with Crippen LogP contribution in [0.4, 0.5) is 18.0 Å². The van der Waals surface area contributed by atoms with Crippen LogP contribution in [-0.4, -0.2) is 5.24 Å². The largest absolute Gasteiger partial charge is 0.360 e. The van der Waals surface area contributed by atoms with Crippen molar-refractivity contribution in [3.63, 3.8) is 0 Å². The van der Waals surface area contributed by atoms with E-state index >= 15 is 0 Å². The maximum atomic E-state index is 14.8. The van der Waals surface area contributed by atoms with Gasteiger partial charge < -0.3 is 5.73 Å². The normalized spacial score (nSPS) is 11.3. The lowest BCUT2D eigenvalue weighted by atomic mass is 9.83. The maximum Gasteiger partial charge on any atom is 0.278 e. The number of primary amides is 1. The fraction of sp³-hybridized carbons (Fsp3) is 0.0500. The molecule has 3 aromatic rings. The van der Waals surface area contributed by atoms with Crippen molar-refractivity contribution in [3.05, 3.63) is 107 Å². The SMILES string of the molecule is NC(=O)SC(c1ccc(F)cc1)(c1ccc(F)cc1)c1ccccc1F. The quantitative estimate of drug-likeness (QED) is 0.638. The molecular formula is C20H14F3NOS. The minimum absolute atomic E-state index is 0.169. The fourth-order valence-electron chi connectivity index (χ4n) is 2.92. The smallest absolute Gasteiger partial charge is 0.278 e. The Morgan fingerprint density at radius 3 is 1.65 bits per heavy atom. The molecule has 0 aliphatic carbocycles. The zero-order valence-corrected chi connectivity index (χ0v) is 14.3. The molecular weight excluding hydrogens is 359 g/mol. The van der Waals surface area contributed by atoms with Gasteiger partial charge in [-0.1, -0.05) is 42.5 Å². The summed E-state index contributed by atoms with van der Waals surface area (Å²) in [5.41, 5.74) is 6.51. The van der Waals surface area contributed by atoms with E-state index in [-0.39, 0.29) is 5.56 Å². The van der Waals surface area contributed by atoms with Crippen molar-refractivity contribution < 1.29 is 18.0 Å². The molecule has 6 heteroatoms. The van der Waals surface area contributed by atoms with E-state index in [2.05, 4.69) is 0 Å². The third-order valence-electron chi connectivity index (χ3n) is 4.01. The van der Waals surface area contributed by atoms with Crippen LogP contribution < -0.4 is 5.73 Å². The number of halogens is 3. The molecule has 2 nitrogen and oxygen atoms in total. The summed E-state index contributed by atoms with van der Waals surface area (Å²) in [6.45, 7) is 0. The first-order valence-electron chi connectivity index (χ1n) is 7.69. The summed E-state index contributed by atoms with van der Waals surface area (Å²) < 4.78 is 40.3. The number of thioether (sulfide) groups is 1. The van der Waals surface area contributed by atoms with Crippen molar-refractivity contribution in [3.8, 4) is 0 Å². The van der Waals surface area contributed by atoms with Crippen LogP contribution in [0.5, 0.6) is 0 Å². The number of rotatable bonds is 4. The van der Waals surface area contributed by atoms with E-state index in [0.29, 0.717) is 22.9 Å². The molecule has 26 heavy (non-hydrogen) atoms. The van der Waals surface area contributed by atoms with Gasteiger partial charge in [-0.25, -0.2) is 13.2 Å². The Labute approximate surface area is 152 Å². The van der Waals surface area contributed by atoms with Crippen LogP contribution in [0.2, 0.25) is 0 Å². The van der Waals surface area contributed by atoms with Crippen LogP contribution in [0.15, 0.2) is 72.8 Å². The van der Waals surface area contributed by atoms with Crippen molar-refractivity contribution in [2.75, 3.05) is 0 Å². The first kappa shape index (κ1) is 18.1. The predicted octanol–water partition coefficient (Wildman–Crippen LogP) is 5.21. The fourth-order valence-corrected chi connectivity index (χ4v) is 4.00. The Morgan fingerprint density at radius 2 is 1.23 bits per heavy atom. The molecule has 0 atom stereocenters. The van der Waals surface area contributed by atoms with Crippen LogP contribution >= 0.6 is 11.8 Å². The molecule has 0 bridgehead atoms. The minimum Gasteiger partial charge on any atom is -0.360 e. The Balaban J connectivity index is 2.37. The van der Waals surface area contributed by atoms with Crippen molar-refractivity contribution >= 4 is 17.0 Å². The number of carbonyl (C=O) groups excluding carboxylic acids is 1. The van der Waals surface area contributed by atoms with Crippen molar-refractivity contribution in [2.45, 2.75) is 4.75 Å². The van der Waals surface area contributed by atoms with E-state index in [1.165, 1.54) is 66.7 Å². The maximum absolute atomic E-state index is 14.8. The summed E-state index contributed by atoms with van der Waals surface area (Å²) in [4.78, 5) is 11.9. The molecule has 0 radical (unpaired) electrons. The number of amides is 1. The molecule has 0 unspecified atom stereocenters. The highest BCUT2D eigenvalue weighted by molar-refractivity contribution is 8.14. The molecule has 0 saturated heterocycles. The highest BCUT2D eigenvalue weighted by Gasteiger charge is 2.41. The van der Waals surface area contributed by atoms with E-state index in [1.807, 2.05) is 0 Å². The van der Waals surface area contributed by atoms with Gasteiger partial charge in [0.25, 0.3) is 5.24 Å². The monoisotopic (exact) mass is 373 g/mol. The van der Waals surface area contributed by atoms with Gasteiger partial charge in [0.15, 0.2) is 0 Å². The Kier molecular flexibility index (Phi) is 5.04. The molecule has 0 saturated carbocycles. The lowest BCUT2D eigenvalue weighted by molar-refractivity contribution is 0.267. The van der Waals surface area contributed by atoms with Gasteiger partial charge in [0.2, 0.25) is 0 Å². The highest BCUT2D eigenvalue weighted by atomic mass is 32.2. The van der Waals surface area contributed by atoms with Crippen LogP contribution in [-0.2, 0) is 4.75 Å². The average Bonchev–Trinajstić information content (AvgIpc) is 2.61. The summed E-state index contributed by atoms with van der Waals surface area (Å²) in [5.74, 6) is -1.51. The van der Waals surface area contributed by atoms with Gasteiger partial charge in [-0.05, 0) is 53.2 Å². The van der Waals surface area contributed by atoms with Crippen molar-refractivity contribution in [2.24, 2.45) is 5.73 Å². The second-order valence-corrected chi connectivity index (χ2v) is 6.81. The van der Waals surface area contributed by atoms with Gasteiger partial charge in [-0.2, -0.15) is 0 Å². The van der Waals surface area contributed by atoms with E-state index in [0.717, 1.165) is 0 Å². The first-order chi connectivity index (χ1) is 12.4. The van der Waals surface area contributed by atoms with Crippen LogP contribution in [0, 0.1) is 17.5 Å². The average molecular weight is 373 g/mol. The molecule has 0 aromatic heterocycles. The topological polar surface area (TPSA) is 43.1 Å². The number of carbonyl (C=O) groups is 1. The molecule has 3 rings (SSSR count). The standard InChI is InChI=1S/C20H14F3NOS/c21-15-9-5-13(6-10-15)20(26-19(24)25,14-7-11-16(22)12-8-14)17-3-1-2-4-18(17)23/h1-12H,(H2,24,25). The summed E-state index contributed by atoms with van der Waals surface area (Å²) in [5, 5.41) is -0.748. The molecule has 0 heterocycles. The van der Waals surface area contributed by atoms with E-state index < -0.39 is 27.4 Å². The van der Waals surface area contributed by atoms with Gasteiger partial charge in [-0.3, -0.25) is 4.79 Å². The van der Waals surface area contributed by atoms with Gasteiger partial charge >= 0.3 is 0 Å². The highest BCUT2D eigenvalue weighted by Crippen LogP contribution is 2.49. The molecule has 0 fully saturated rings. The van der Waals surface area contributed by atoms with Crippen LogP contribution in [0.1, 0.15) is 16.7 Å². The molecule has 132 valence electrons. The Hall–Kier alpha value is -2.73. The van der Waals surface area contributed by atoms with Crippen molar-refractivity contribution in [1.82, 2.24) is 0 Å². The van der Waals surface area contributed by atoms with Gasteiger partial charge in [-0.15, -0.1) is 0 Å². The molecule has 2 N–H and O–H groups in total. The first-order valence-corrected chi connectivity index (χ1v) is 8.50. The van der Waals surface area contributed by atoms with E-state index in [4.69, 9.17) is 5.73 Å². The summed E-state index contributed by atoms with van der Waals surface area (Å²) in [7, 11) is 0. The molecule has 0 aliphatic rings. The van der Waals surface area contributed by atoms with E-state index in [1.54, 1.807) is 6.07 Å². The van der Waals surface area contributed by atoms with Crippen LogP contribution in [0.3, 0.4) is 0 Å². The van der Waals surface area contributed by atoms with Crippen molar-refractivity contribution in [1.29, 1.82) is 0 Å². The van der Waals surface area contributed by atoms with Gasteiger partial charge in [0, 0.05) is 5.56 Å². The van der Waals surface area contributed by atoms with Gasteiger partial charge in [0.05, 0.1) is 0 Å². The number of benzene rings is 3. The lowest BCUT2D eigenvalue weighted by Gasteiger charge is -2.34. The molecule has 0 aliphatic heterocycles. The van der Waals surface area contributed by atoms with Crippen LogP contribution in [0.25, 0.3) is 0 Å². The second kappa shape index (κ2) is 7.25. The molecule has 1 amide bonds. The lowest BCUT2D eigenvalue weighted by Crippen LogP contribution is -2.30. The Morgan fingerprint density at radius 1 is 0.769 bits per heavy atom. The predicted molar refractivity (Wildman–Crippen MR) is 96.3 cm³/mol. The third kappa shape index (κ3) is 3.32. The number of nitrogens with two attached hydrogens (primary N) is 1. The van der Waals surface area contributed by atoms with E-state index in [9.17, 15) is 18.0 Å². The minimum atomic E-state index is -1.39. The number of hydrogen-bond acceptors (Lipinski definition) is 2. The zero-order chi connectivity index (χ0) is 18.7. The molecule has 0 spiro atoms.